The molecule has 0 heterocycles. The number of hydrogen-bond acceptors (Lipinski definition) is 3. The van der Waals surface area contributed by atoms with E-state index in [0.717, 1.165) is 9.35 Å². The van der Waals surface area contributed by atoms with Crippen LogP contribution >= 0.6 is 28.1 Å². The Morgan fingerprint density at radius 3 is 2.92 bits per heavy atom. The molecule has 4 heteroatoms. The maximum atomic E-state index is 10.6. The third-order valence-corrected chi connectivity index (χ3v) is 2.17. The lowest BCUT2D eigenvalue weighted by atomic mass is 10.2. The number of allylic oxidation sites excluding steroid dienone is 3. The largest absolute Gasteiger partial charge is 0.426 e. The lowest BCUT2D eigenvalue weighted by Gasteiger charge is -2.10. The molecule has 2 nitrogen and oxygen atoms in total. The number of carbonyl (C=O) groups is 1. The van der Waals surface area contributed by atoms with Crippen LogP contribution in [0.25, 0.3) is 0 Å². The molecule has 1 aliphatic rings. The van der Waals surface area contributed by atoms with E-state index in [1.54, 1.807) is 12.2 Å². The van der Waals surface area contributed by atoms with Crippen molar-refractivity contribution in [3.8, 4) is 0 Å². The lowest BCUT2D eigenvalue weighted by Crippen LogP contribution is -2.04. The maximum absolute atomic E-state index is 10.6. The van der Waals surface area contributed by atoms with Gasteiger partial charge in [-0.1, -0.05) is 12.2 Å². The van der Waals surface area contributed by atoms with Crippen molar-refractivity contribution in [1.29, 1.82) is 0 Å². The summed E-state index contributed by atoms with van der Waals surface area (Å²) in [6, 6.07) is 0. The number of ether oxygens (including phenoxy) is 1. The van der Waals surface area contributed by atoms with Crippen LogP contribution in [0.15, 0.2) is 22.4 Å². The summed E-state index contributed by atoms with van der Waals surface area (Å²) in [5.41, 5.74) is 0. The molecule has 0 radical (unpaired) electrons. The maximum Gasteiger partial charge on any atom is 0.308 e. The van der Waals surface area contributed by atoms with Crippen LogP contribution in [0.4, 0.5) is 0 Å². The molecule has 12 heavy (non-hydrogen) atoms. The zero-order chi connectivity index (χ0) is 9.14. The van der Waals surface area contributed by atoms with Gasteiger partial charge in [0.25, 0.3) is 0 Å². The van der Waals surface area contributed by atoms with Crippen LogP contribution in [0, 0.1) is 0 Å². The predicted molar refractivity (Wildman–Crippen MR) is 54.1 cm³/mol. The summed E-state index contributed by atoms with van der Waals surface area (Å²) >= 11 is 8.21. The molecule has 0 bridgehead atoms. The van der Waals surface area contributed by atoms with Crippen LogP contribution < -0.4 is 0 Å². The van der Waals surface area contributed by atoms with Crippen molar-refractivity contribution in [2.24, 2.45) is 0 Å². The van der Waals surface area contributed by atoms with Crippen LogP contribution in [0.1, 0.15) is 13.3 Å². The topological polar surface area (TPSA) is 26.3 Å². The minimum atomic E-state index is -0.320. The predicted octanol–water partition coefficient (Wildman–Crippen LogP) is 2.49. The summed E-state index contributed by atoms with van der Waals surface area (Å²) in [7, 11) is 0. The first-order chi connectivity index (χ1) is 5.59. The molecule has 0 atom stereocenters. The van der Waals surface area contributed by atoms with Crippen molar-refractivity contribution in [2.45, 2.75) is 13.3 Å². The van der Waals surface area contributed by atoms with Crippen LogP contribution in [0.2, 0.25) is 0 Å². The van der Waals surface area contributed by atoms with Gasteiger partial charge in [-0.05, 0) is 28.1 Å². The van der Waals surface area contributed by atoms with Crippen LogP contribution in [0.3, 0.4) is 0 Å². The Hall–Kier alpha value is -0.480. The van der Waals surface area contributed by atoms with E-state index in [0.29, 0.717) is 12.2 Å². The van der Waals surface area contributed by atoms with Gasteiger partial charge in [0.2, 0.25) is 0 Å². The normalized spacial score (nSPS) is 16.7. The lowest BCUT2D eigenvalue weighted by molar-refractivity contribution is -0.136. The first-order valence-electron chi connectivity index (χ1n) is 3.38. The molecule has 64 valence electrons. The third kappa shape index (κ3) is 2.53. The molecule has 1 aliphatic carbocycles. The van der Waals surface area contributed by atoms with Gasteiger partial charge in [-0.3, -0.25) is 4.79 Å². The number of esters is 1. The Bertz CT molecular complexity index is 291. The molecule has 1 rings (SSSR count). The van der Waals surface area contributed by atoms with E-state index in [9.17, 15) is 4.79 Å². The first kappa shape index (κ1) is 9.61. The second kappa shape index (κ2) is 3.96. The van der Waals surface area contributed by atoms with Crippen molar-refractivity contribution in [1.82, 2.24) is 0 Å². The highest BCUT2D eigenvalue weighted by atomic mass is 79.9. The number of carbonyl (C=O) groups excluding carboxylic acids is 1. The van der Waals surface area contributed by atoms with E-state index in [4.69, 9.17) is 17.0 Å². The van der Waals surface area contributed by atoms with E-state index < -0.39 is 0 Å². The molecule has 0 N–H and O–H groups in total. The van der Waals surface area contributed by atoms with Gasteiger partial charge in [0, 0.05) is 18.2 Å². The summed E-state index contributed by atoms with van der Waals surface area (Å²) in [5, 5.41) is 0. The van der Waals surface area contributed by atoms with Gasteiger partial charge in [-0.25, -0.2) is 0 Å². The van der Waals surface area contributed by atoms with E-state index in [1.807, 2.05) is 0 Å². The Morgan fingerprint density at radius 1 is 1.75 bits per heavy atom. The zero-order valence-corrected chi connectivity index (χ0v) is 8.87. The van der Waals surface area contributed by atoms with E-state index in [2.05, 4.69) is 15.9 Å². The van der Waals surface area contributed by atoms with Crippen molar-refractivity contribution in [3.05, 3.63) is 22.4 Å². The summed E-state index contributed by atoms with van der Waals surface area (Å²) in [4.78, 5) is 11.4. The molecule has 0 aromatic rings. The summed E-state index contributed by atoms with van der Waals surface area (Å²) < 4.78 is 5.63. The highest BCUT2D eigenvalue weighted by Gasteiger charge is 2.11. The summed E-state index contributed by atoms with van der Waals surface area (Å²) in [6.07, 6.45) is 4.22. The first-order valence-corrected chi connectivity index (χ1v) is 4.58. The summed E-state index contributed by atoms with van der Waals surface area (Å²) in [6.45, 7) is 1.37. The molecule has 0 aromatic carbocycles. The van der Waals surface area contributed by atoms with Gasteiger partial charge in [0.1, 0.15) is 5.76 Å². The van der Waals surface area contributed by atoms with E-state index in [-0.39, 0.29) is 5.97 Å². The van der Waals surface area contributed by atoms with Crippen molar-refractivity contribution in [2.75, 3.05) is 0 Å². The van der Waals surface area contributed by atoms with Crippen LogP contribution in [0.5, 0.6) is 0 Å². The average molecular weight is 247 g/mol. The number of rotatable bonds is 1. The Balaban J connectivity index is 2.74. The SMILES string of the molecule is CC(=O)OC1=CCC(=S)C=C1Br. The second-order valence-electron chi connectivity index (χ2n) is 2.32. The monoisotopic (exact) mass is 246 g/mol. The molecule has 0 aliphatic heterocycles. The minimum Gasteiger partial charge on any atom is -0.426 e. The van der Waals surface area contributed by atoms with Crippen molar-refractivity contribution >= 4 is 39.0 Å². The number of thiocarbonyl (C=S) groups is 1. The fourth-order valence-corrected chi connectivity index (χ4v) is 1.68. The van der Waals surface area contributed by atoms with Crippen molar-refractivity contribution < 1.29 is 9.53 Å². The second-order valence-corrected chi connectivity index (χ2v) is 3.70. The van der Waals surface area contributed by atoms with Crippen molar-refractivity contribution in [3.63, 3.8) is 0 Å². The number of hydrogen-bond donors (Lipinski definition) is 0. The number of halogens is 1. The van der Waals surface area contributed by atoms with E-state index in [1.165, 1.54) is 6.92 Å². The Labute approximate surface area is 84.4 Å². The van der Waals surface area contributed by atoms with Gasteiger partial charge in [-0.2, -0.15) is 0 Å². The molecule has 0 aromatic heterocycles. The van der Waals surface area contributed by atoms with Crippen LogP contribution in [-0.4, -0.2) is 10.8 Å². The standard InChI is InChI=1S/C8H7BrO2S/c1-5(10)11-8-3-2-6(12)4-7(8)9/h3-4H,2H2,1H3. The van der Waals surface area contributed by atoms with Gasteiger partial charge >= 0.3 is 5.97 Å². The molecular weight excluding hydrogens is 240 g/mol. The smallest absolute Gasteiger partial charge is 0.308 e. The Kier molecular flexibility index (Phi) is 3.17. The highest BCUT2D eigenvalue weighted by molar-refractivity contribution is 9.12. The molecule has 0 saturated heterocycles. The molecule has 0 unspecified atom stereocenters. The van der Waals surface area contributed by atoms with Crippen LogP contribution in [-0.2, 0) is 9.53 Å². The highest BCUT2D eigenvalue weighted by Crippen LogP contribution is 2.23. The van der Waals surface area contributed by atoms with Gasteiger partial charge in [0.05, 0.1) is 4.48 Å². The molecular formula is C8H7BrO2S. The molecule has 0 amide bonds. The zero-order valence-electron chi connectivity index (χ0n) is 6.46. The van der Waals surface area contributed by atoms with E-state index >= 15 is 0 Å². The van der Waals surface area contributed by atoms with Gasteiger partial charge in [0.15, 0.2) is 0 Å². The molecule has 0 saturated carbocycles. The minimum absolute atomic E-state index is 0.320. The Morgan fingerprint density at radius 2 is 2.42 bits per heavy atom. The molecule has 0 spiro atoms. The van der Waals surface area contributed by atoms with Gasteiger partial charge < -0.3 is 4.74 Å². The third-order valence-electron chi connectivity index (χ3n) is 1.27. The van der Waals surface area contributed by atoms with Gasteiger partial charge in [-0.15, -0.1) is 0 Å². The summed E-state index contributed by atoms with van der Waals surface area (Å²) in [5.74, 6) is 0.232. The quantitative estimate of drug-likeness (QED) is 0.526. The fourth-order valence-electron chi connectivity index (χ4n) is 0.807. The molecule has 0 fully saturated rings. The average Bonchev–Trinajstić information content (AvgIpc) is 1.94. The fraction of sp³-hybridized carbons (Fsp3) is 0.250.